The molecule has 0 aliphatic carbocycles. The number of hydrogen-bond donors (Lipinski definition) is 1. The van der Waals surface area contributed by atoms with Crippen molar-refractivity contribution in [2.24, 2.45) is 4.99 Å². The number of nitrogens with one attached hydrogen (secondary N) is 1. The van der Waals surface area contributed by atoms with Gasteiger partial charge in [-0.15, -0.1) is 0 Å². The van der Waals surface area contributed by atoms with Crippen LogP contribution in [0.4, 0.5) is 15.8 Å². The van der Waals surface area contributed by atoms with Crippen LogP contribution in [0.25, 0.3) is 0 Å². The van der Waals surface area contributed by atoms with Crippen LogP contribution >= 0.6 is 0 Å². The number of halogens is 1. The molecule has 0 amide bonds. The second kappa shape index (κ2) is 4.77. The third-order valence-corrected chi connectivity index (χ3v) is 2.09. The molecule has 0 saturated carbocycles. The highest BCUT2D eigenvalue weighted by molar-refractivity contribution is 5.93. The Balaban J connectivity index is 2.92. The van der Waals surface area contributed by atoms with E-state index in [4.69, 9.17) is 0 Å². The highest BCUT2D eigenvalue weighted by Gasteiger charge is 2.05. The topological polar surface area (TPSA) is 27.6 Å². The summed E-state index contributed by atoms with van der Waals surface area (Å²) in [7, 11) is 5.31. The van der Waals surface area contributed by atoms with Gasteiger partial charge in [-0.05, 0) is 25.1 Å². The monoisotopic (exact) mass is 209 g/mol. The Morgan fingerprint density at radius 1 is 1.40 bits per heavy atom. The second-order valence-corrected chi connectivity index (χ2v) is 3.49. The lowest BCUT2D eigenvalue weighted by atomic mass is 10.2. The summed E-state index contributed by atoms with van der Waals surface area (Å²) in [6.45, 7) is 1.83. The average Bonchev–Trinajstić information content (AvgIpc) is 2.17. The second-order valence-electron chi connectivity index (χ2n) is 3.49. The van der Waals surface area contributed by atoms with E-state index in [-0.39, 0.29) is 5.82 Å². The first kappa shape index (κ1) is 11.5. The number of benzene rings is 1. The van der Waals surface area contributed by atoms with Gasteiger partial charge < -0.3 is 10.2 Å². The largest absolute Gasteiger partial charge is 0.375 e. The van der Waals surface area contributed by atoms with Crippen LogP contribution in [0.3, 0.4) is 0 Å². The quantitative estimate of drug-likeness (QED) is 0.598. The fourth-order valence-corrected chi connectivity index (χ4v) is 1.21. The van der Waals surface area contributed by atoms with Crippen LogP contribution in [0.1, 0.15) is 6.92 Å². The summed E-state index contributed by atoms with van der Waals surface area (Å²) in [5, 5.41) is 2.99. The van der Waals surface area contributed by atoms with Crippen LogP contribution in [0, 0.1) is 5.82 Å². The molecule has 0 heterocycles. The molecular weight excluding hydrogens is 193 g/mol. The zero-order chi connectivity index (χ0) is 11.4. The minimum absolute atomic E-state index is 0.242. The van der Waals surface area contributed by atoms with Crippen LogP contribution < -0.4 is 10.2 Å². The Morgan fingerprint density at radius 3 is 2.53 bits per heavy atom. The van der Waals surface area contributed by atoms with Crippen molar-refractivity contribution in [3.8, 4) is 0 Å². The molecule has 0 fully saturated rings. The lowest BCUT2D eigenvalue weighted by molar-refractivity contribution is 0.627. The normalized spacial score (nSPS) is 11.4. The summed E-state index contributed by atoms with van der Waals surface area (Å²) in [6, 6.07) is 5.03. The van der Waals surface area contributed by atoms with Gasteiger partial charge >= 0.3 is 0 Å². The standard InChI is InChI=1S/C11H16FN3/c1-8(13-2)14-9-5-6-11(15(3)4)10(12)7-9/h5-7H,1-4H3,(H,13,14). The molecule has 4 heteroatoms. The first-order valence-corrected chi connectivity index (χ1v) is 4.72. The van der Waals surface area contributed by atoms with Gasteiger partial charge in [0.25, 0.3) is 0 Å². The minimum atomic E-state index is -0.242. The van der Waals surface area contributed by atoms with E-state index in [1.165, 1.54) is 6.07 Å². The summed E-state index contributed by atoms with van der Waals surface area (Å²) in [4.78, 5) is 5.68. The van der Waals surface area contributed by atoms with Crippen LogP contribution in [0.2, 0.25) is 0 Å². The zero-order valence-electron chi connectivity index (χ0n) is 9.50. The molecule has 3 nitrogen and oxygen atoms in total. The molecule has 0 unspecified atom stereocenters. The van der Waals surface area contributed by atoms with Crippen molar-refractivity contribution in [1.82, 2.24) is 0 Å². The first-order chi connectivity index (χ1) is 7.04. The van der Waals surface area contributed by atoms with Gasteiger partial charge in [-0.1, -0.05) is 0 Å². The van der Waals surface area contributed by atoms with Gasteiger partial charge in [-0.3, -0.25) is 4.99 Å². The van der Waals surface area contributed by atoms with E-state index in [1.807, 2.05) is 27.1 Å². The molecule has 0 saturated heterocycles. The number of rotatable bonds is 2. The summed E-state index contributed by atoms with van der Waals surface area (Å²) in [6.07, 6.45) is 0. The first-order valence-electron chi connectivity index (χ1n) is 4.72. The molecule has 1 N–H and O–H groups in total. The number of amidine groups is 1. The third-order valence-electron chi connectivity index (χ3n) is 2.09. The number of hydrogen-bond acceptors (Lipinski definition) is 2. The Kier molecular flexibility index (Phi) is 3.66. The molecule has 0 aromatic heterocycles. The Morgan fingerprint density at radius 2 is 2.07 bits per heavy atom. The Labute approximate surface area is 89.6 Å². The predicted molar refractivity (Wildman–Crippen MR) is 63.4 cm³/mol. The zero-order valence-corrected chi connectivity index (χ0v) is 9.50. The van der Waals surface area contributed by atoms with Crippen molar-refractivity contribution in [3.05, 3.63) is 24.0 Å². The molecule has 1 rings (SSSR count). The van der Waals surface area contributed by atoms with E-state index in [9.17, 15) is 4.39 Å². The summed E-state index contributed by atoms with van der Waals surface area (Å²) < 4.78 is 13.5. The van der Waals surface area contributed by atoms with Gasteiger partial charge in [-0.2, -0.15) is 0 Å². The molecule has 0 aliphatic rings. The summed E-state index contributed by atoms with van der Waals surface area (Å²) >= 11 is 0. The maximum Gasteiger partial charge on any atom is 0.148 e. The molecule has 0 atom stereocenters. The average molecular weight is 209 g/mol. The van der Waals surface area contributed by atoms with Crippen molar-refractivity contribution in [2.45, 2.75) is 6.92 Å². The van der Waals surface area contributed by atoms with Gasteiger partial charge in [0.15, 0.2) is 0 Å². The van der Waals surface area contributed by atoms with E-state index in [1.54, 1.807) is 18.0 Å². The lowest BCUT2D eigenvalue weighted by Crippen LogP contribution is -2.12. The van der Waals surface area contributed by atoms with Crippen molar-refractivity contribution in [1.29, 1.82) is 0 Å². The highest BCUT2D eigenvalue weighted by atomic mass is 19.1. The number of nitrogens with zero attached hydrogens (tertiary/aromatic N) is 2. The maximum absolute atomic E-state index is 13.5. The Bertz CT molecular complexity index is 372. The smallest absolute Gasteiger partial charge is 0.148 e. The van der Waals surface area contributed by atoms with E-state index in [0.29, 0.717) is 11.4 Å². The fraction of sp³-hybridized carbons (Fsp3) is 0.364. The molecule has 82 valence electrons. The molecule has 0 radical (unpaired) electrons. The Hall–Kier alpha value is -1.58. The molecule has 1 aromatic carbocycles. The maximum atomic E-state index is 13.5. The van der Waals surface area contributed by atoms with Crippen molar-refractivity contribution in [2.75, 3.05) is 31.4 Å². The molecule has 0 spiro atoms. The third kappa shape index (κ3) is 2.94. The van der Waals surface area contributed by atoms with Crippen LogP contribution in [0.5, 0.6) is 0 Å². The van der Waals surface area contributed by atoms with E-state index in [0.717, 1.165) is 5.84 Å². The minimum Gasteiger partial charge on any atom is -0.375 e. The van der Waals surface area contributed by atoms with E-state index >= 15 is 0 Å². The van der Waals surface area contributed by atoms with Crippen LogP contribution in [0.15, 0.2) is 23.2 Å². The number of aliphatic imine (C=N–C) groups is 1. The van der Waals surface area contributed by atoms with Gasteiger partial charge in [0.2, 0.25) is 0 Å². The van der Waals surface area contributed by atoms with Crippen molar-refractivity contribution in [3.63, 3.8) is 0 Å². The van der Waals surface area contributed by atoms with Gasteiger partial charge in [0.1, 0.15) is 5.82 Å². The van der Waals surface area contributed by atoms with E-state index < -0.39 is 0 Å². The van der Waals surface area contributed by atoms with Gasteiger partial charge in [0.05, 0.1) is 11.5 Å². The molecule has 0 bridgehead atoms. The molecular formula is C11H16FN3. The predicted octanol–water partition coefficient (Wildman–Crippen LogP) is 2.35. The molecule has 0 aliphatic heterocycles. The highest BCUT2D eigenvalue weighted by Crippen LogP contribution is 2.20. The number of anilines is 2. The van der Waals surface area contributed by atoms with Crippen LogP contribution in [-0.4, -0.2) is 27.0 Å². The van der Waals surface area contributed by atoms with Gasteiger partial charge in [0, 0.05) is 26.8 Å². The van der Waals surface area contributed by atoms with Crippen molar-refractivity contribution < 1.29 is 4.39 Å². The molecule has 1 aromatic rings. The summed E-state index contributed by atoms with van der Waals surface area (Å²) in [5.41, 5.74) is 1.29. The van der Waals surface area contributed by atoms with Crippen LogP contribution in [-0.2, 0) is 0 Å². The van der Waals surface area contributed by atoms with Gasteiger partial charge in [-0.25, -0.2) is 4.39 Å². The lowest BCUT2D eigenvalue weighted by Gasteiger charge is -2.14. The fourth-order valence-electron chi connectivity index (χ4n) is 1.21. The summed E-state index contributed by atoms with van der Waals surface area (Å²) in [5.74, 6) is 0.515. The van der Waals surface area contributed by atoms with Crippen molar-refractivity contribution >= 4 is 17.2 Å². The molecule has 15 heavy (non-hydrogen) atoms. The van der Waals surface area contributed by atoms with E-state index in [2.05, 4.69) is 10.3 Å². The SMILES string of the molecule is CN=C(C)Nc1ccc(N(C)C)c(F)c1.